The van der Waals surface area contributed by atoms with Gasteiger partial charge in [0.15, 0.2) is 0 Å². The zero-order chi connectivity index (χ0) is 11.0. The Kier molecular flexibility index (Phi) is 2.53. The highest BCUT2D eigenvalue weighted by Gasteiger charge is 2.18. The van der Waals surface area contributed by atoms with Crippen molar-refractivity contribution in [1.82, 2.24) is 10.3 Å². The Morgan fingerprint density at radius 3 is 3.31 bits per heavy atom. The minimum Gasteiger partial charge on any atom is -0.366 e. The van der Waals surface area contributed by atoms with Crippen molar-refractivity contribution in [3.8, 4) is 0 Å². The van der Waals surface area contributed by atoms with Crippen molar-refractivity contribution in [3.63, 3.8) is 0 Å². The molecule has 3 nitrogen and oxygen atoms in total. The lowest BCUT2D eigenvalue weighted by atomic mass is 10.2. The van der Waals surface area contributed by atoms with Gasteiger partial charge in [-0.25, -0.2) is 4.98 Å². The molecule has 4 heteroatoms. The Morgan fingerprint density at radius 2 is 2.44 bits per heavy atom. The van der Waals surface area contributed by atoms with Crippen LogP contribution in [0.2, 0.25) is 0 Å². The van der Waals surface area contributed by atoms with E-state index in [4.69, 9.17) is 0 Å². The van der Waals surface area contributed by atoms with Gasteiger partial charge >= 0.3 is 0 Å². The molecule has 1 aliphatic heterocycles. The zero-order valence-electron chi connectivity index (χ0n) is 9.31. The molecule has 16 heavy (non-hydrogen) atoms. The van der Waals surface area contributed by atoms with Gasteiger partial charge in [0.2, 0.25) is 0 Å². The van der Waals surface area contributed by atoms with E-state index in [1.165, 1.54) is 10.4 Å². The van der Waals surface area contributed by atoms with Gasteiger partial charge in [-0.3, -0.25) is 0 Å². The molecule has 1 unspecified atom stereocenters. The van der Waals surface area contributed by atoms with E-state index >= 15 is 0 Å². The highest BCUT2D eigenvalue weighted by atomic mass is 32.1. The van der Waals surface area contributed by atoms with E-state index < -0.39 is 0 Å². The summed E-state index contributed by atoms with van der Waals surface area (Å²) in [4.78, 5) is 6.78. The van der Waals surface area contributed by atoms with Crippen molar-refractivity contribution < 1.29 is 0 Å². The first-order valence-electron chi connectivity index (χ1n) is 5.65. The fourth-order valence-corrected chi connectivity index (χ4v) is 2.96. The van der Waals surface area contributed by atoms with E-state index in [0.717, 1.165) is 25.2 Å². The number of aromatic nitrogens is 1. The van der Waals surface area contributed by atoms with E-state index in [0.29, 0.717) is 6.04 Å². The highest BCUT2D eigenvalue weighted by Crippen LogP contribution is 2.25. The first-order valence-corrected chi connectivity index (χ1v) is 6.53. The van der Waals surface area contributed by atoms with Crippen molar-refractivity contribution in [1.29, 1.82) is 0 Å². The molecule has 1 N–H and O–H groups in total. The summed E-state index contributed by atoms with van der Waals surface area (Å²) < 4.78 is 1.28. The molecule has 2 heterocycles. The Labute approximate surface area is 99.1 Å². The van der Waals surface area contributed by atoms with Gasteiger partial charge in [0, 0.05) is 31.4 Å². The SMILES string of the molecule is CC1CNCCN1c1ccc2ncsc2c1. The predicted molar refractivity (Wildman–Crippen MR) is 69.3 cm³/mol. The maximum atomic E-state index is 4.31. The smallest absolute Gasteiger partial charge is 0.0813 e. The average Bonchev–Trinajstić information content (AvgIpc) is 2.76. The molecule has 84 valence electrons. The van der Waals surface area contributed by atoms with Gasteiger partial charge in [-0.2, -0.15) is 0 Å². The summed E-state index contributed by atoms with van der Waals surface area (Å²) in [6.45, 7) is 5.50. The lowest BCUT2D eigenvalue weighted by Gasteiger charge is -2.35. The summed E-state index contributed by atoms with van der Waals surface area (Å²) in [5.41, 5.74) is 4.35. The van der Waals surface area contributed by atoms with Gasteiger partial charge in [-0.05, 0) is 25.1 Å². The minimum atomic E-state index is 0.569. The summed E-state index contributed by atoms with van der Waals surface area (Å²) in [5.74, 6) is 0. The number of fused-ring (bicyclic) bond motifs is 1. The van der Waals surface area contributed by atoms with Crippen LogP contribution in [0.4, 0.5) is 5.69 Å². The van der Waals surface area contributed by atoms with Crippen LogP contribution in [0.25, 0.3) is 10.2 Å². The number of thiazole rings is 1. The Balaban J connectivity index is 1.97. The average molecular weight is 233 g/mol. The number of nitrogens with zero attached hydrogens (tertiary/aromatic N) is 2. The molecule has 0 aliphatic carbocycles. The molecule has 0 radical (unpaired) electrons. The number of piperazine rings is 1. The number of rotatable bonds is 1. The molecule has 1 aromatic carbocycles. The van der Waals surface area contributed by atoms with E-state index in [2.05, 4.69) is 40.3 Å². The van der Waals surface area contributed by atoms with E-state index in [-0.39, 0.29) is 0 Å². The molecule has 1 aromatic heterocycles. The predicted octanol–water partition coefficient (Wildman–Crippen LogP) is 2.09. The van der Waals surface area contributed by atoms with Crippen molar-refractivity contribution in [2.75, 3.05) is 24.5 Å². The number of anilines is 1. The largest absolute Gasteiger partial charge is 0.366 e. The van der Waals surface area contributed by atoms with E-state index in [1.807, 2.05) is 5.51 Å². The van der Waals surface area contributed by atoms with Crippen LogP contribution in [0.5, 0.6) is 0 Å². The number of benzene rings is 1. The molecular weight excluding hydrogens is 218 g/mol. The Bertz CT molecular complexity index is 494. The third-order valence-electron chi connectivity index (χ3n) is 3.15. The summed E-state index contributed by atoms with van der Waals surface area (Å²) in [7, 11) is 0. The molecular formula is C12H15N3S. The molecule has 0 saturated carbocycles. The maximum Gasteiger partial charge on any atom is 0.0813 e. The lowest BCUT2D eigenvalue weighted by molar-refractivity contribution is 0.501. The second-order valence-electron chi connectivity index (χ2n) is 4.25. The van der Waals surface area contributed by atoms with Crippen molar-refractivity contribution >= 4 is 27.2 Å². The van der Waals surface area contributed by atoms with Crippen molar-refractivity contribution in [3.05, 3.63) is 23.7 Å². The molecule has 3 rings (SSSR count). The van der Waals surface area contributed by atoms with Crippen LogP contribution in [0.3, 0.4) is 0 Å². The fraction of sp³-hybridized carbons (Fsp3) is 0.417. The van der Waals surface area contributed by atoms with Crippen LogP contribution in [0, 0.1) is 0 Å². The highest BCUT2D eigenvalue weighted by molar-refractivity contribution is 7.16. The van der Waals surface area contributed by atoms with Crippen LogP contribution >= 0.6 is 11.3 Å². The Hall–Kier alpha value is -1.13. The van der Waals surface area contributed by atoms with Crippen molar-refractivity contribution in [2.45, 2.75) is 13.0 Å². The first kappa shape index (κ1) is 10.1. The van der Waals surface area contributed by atoms with Crippen LogP contribution in [-0.2, 0) is 0 Å². The second kappa shape index (κ2) is 4.03. The summed E-state index contributed by atoms with van der Waals surface area (Å²) in [6.07, 6.45) is 0. The fourth-order valence-electron chi connectivity index (χ4n) is 2.25. The number of nitrogens with one attached hydrogen (secondary N) is 1. The number of hydrogen-bond donors (Lipinski definition) is 1. The number of hydrogen-bond acceptors (Lipinski definition) is 4. The summed E-state index contributed by atoms with van der Waals surface area (Å²) >= 11 is 1.71. The molecule has 1 fully saturated rings. The quantitative estimate of drug-likeness (QED) is 0.817. The zero-order valence-corrected chi connectivity index (χ0v) is 10.1. The van der Waals surface area contributed by atoms with Crippen LogP contribution in [-0.4, -0.2) is 30.7 Å². The third-order valence-corrected chi connectivity index (χ3v) is 3.94. The van der Waals surface area contributed by atoms with E-state index in [9.17, 15) is 0 Å². The second-order valence-corrected chi connectivity index (χ2v) is 5.14. The van der Waals surface area contributed by atoms with Gasteiger partial charge in [-0.1, -0.05) is 0 Å². The van der Waals surface area contributed by atoms with Crippen LogP contribution < -0.4 is 10.2 Å². The van der Waals surface area contributed by atoms with Gasteiger partial charge in [0.05, 0.1) is 15.7 Å². The van der Waals surface area contributed by atoms with Crippen LogP contribution in [0.1, 0.15) is 6.92 Å². The molecule has 0 bridgehead atoms. The first-order chi connectivity index (χ1) is 7.84. The standard InChI is InChI=1S/C12H15N3S/c1-9-7-13-4-5-15(9)10-2-3-11-12(6-10)16-8-14-11/h2-3,6,8-9,13H,4-5,7H2,1H3. The topological polar surface area (TPSA) is 28.2 Å². The molecule has 2 aromatic rings. The minimum absolute atomic E-state index is 0.569. The maximum absolute atomic E-state index is 4.31. The lowest BCUT2D eigenvalue weighted by Crippen LogP contribution is -2.49. The van der Waals surface area contributed by atoms with Gasteiger partial charge in [0.25, 0.3) is 0 Å². The molecule has 1 saturated heterocycles. The van der Waals surface area contributed by atoms with Crippen molar-refractivity contribution in [2.24, 2.45) is 0 Å². The van der Waals surface area contributed by atoms with Gasteiger partial charge < -0.3 is 10.2 Å². The third kappa shape index (κ3) is 1.68. The van der Waals surface area contributed by atoms with Crippen LogP contribution in [0.15, 0.2) is 23.7 Å². The van der Waals surface area contributed by atoms with E-state index in [1.54, 1.807) is 11.3 Å². The monoisotopic (exact) mass is 233 g/mol. The molecule has 1 atom stereocenters. The van der Waals surface area contributed by atoms with Gasteiger partial charge in [-0.15, -0.1) is 11.3 Å². The van der Waals surface area contributed by atoms with Gasteiger partial charge in [0.1, 0.15) is 0 Å². The molecule has 1 aliphatic rings. The summed E-state index contributed by atoms with van der Waals surface area (Å²) in [5, 5.41) is 3.42. The molecule has 0 amide bonds. The Morgan fingerprint density at radius 1 is 1.50 bits per heavy atom. The molecule has 0 spiro atoms. The summed E-state index contributed by atoms with van der Waals surface area (Å²) in [6, 6.07) is 7.13. The normalized spacial score (nSPS) is 21.6.